The van der Waals surface area contributed by atoms with Gasteiger partial charge in [0.25, 0.3) is 0 Å². The van der Waals surface area contributed by atoms with Crippen LogP contribution >= 0.6 is 0 Å². The van der Waals surface area contributed by atoms with E-state index in [0.29, 0.717) is 23.9 Å². The van der Waals surface area contributed by atoms with Crippen LogP contribution in [0, 0.1) is 17.3 Å². The quantitative estimate of drug-likeness (QED) is 0.746. The fourth-order valence-corrected chi connectivity index (χ4v) is 3.65. The third-order valence-corrected chi connectivity index (χ3v) is 5.05. The molecule has 0 aromatic rings. The third-order valence-electron chi connectivity index (χ3n) is 5.05. The molecule has 0 aromatic heterocycles. The largest absolute Gasteiger partial charge is 0.481 e. The molecule has 1 unspecified atom stereocenters. The molecule has 2 aliphatic rings. The van der Waals surface area contributed by atoms with Crippen LogP contribution in [0.2, 0.25) is 0 Å². The maximum absolute atomic E-state index is 11.9. The van der Waals surface area contributed by atoms with Gasteiger partial charge in [0, 0.05) is 12.6 Å². The Morgan fingerprint density at radius 1 is 1.14 bits per heavy atom. The van der Waals surface area contributed by atoms with Crippen molar-refractivity contribution in [1.29, 1.82) is 0 Å². The van der Waals surface area contributed by atoms with E-state index in [-0.39, 0.29) is 11.9 Å². The molecule has 2 amide bonds. The Bertz CT molecular complexity index is 387. The van der Waals surface area contributed by atoms with E-state index in [4.69, 9.17) is 5.11 Å². The van der Waals surface area contributed by atoms with Gasteiger partial charge in [-0.25, -0.2) is 4.79 Å². The van der Waals surface area contributed by atoms with Crippen LogP contribution in [0.3, 0.4) is 0 Å². The minimum Gasteiger partial charge on any atom is -0.481 e. The van der Waals surface area contributed by atoms with E-state index >= 15 is 0 Å². The van der Waals surface area contributed by atoms with Crippen molar-refractivity contribution in [3.8, 4) is 0 Å². The predicted octanol–water partition coefficient (Wildman–Crippen LogP) is 2.76. The van der Waals surface area contributed by atoms with Crippen molar-refractivity contribution < 1.29 is 14.7 Å². The number of carboxylic acids is 1. The number of nitrogens with one attached hydrogen (secondary N) is 2. The summed E-state index contributed by atoms with van der Waals surface area (Å²) in [6, 6.07) is 0.223. The summed E-state index contributed by atoms with van der Waals surface area (Å²) >= 11 is 0. The van der Waals surface area contributed by atoms with Crippen molar-refractivity contribution >= 4 is 12.0 Å². The summed E-state index contributed by atoms with van der Waals surface area (Å²) in [5, 5.41) is 15.0. The Hall–Kier alpha value is -1.26. The van der Waals surface area contributed by atoms with E-state index in [2.05, 4.69) is 24.5 Å². The lowest BCUT2D eigenvalue weighted by atomic mass is 9.82. The van der Waals surface area contributed by atoms with Crippen molar-refractivity contribution in [2.75, 3.05) is 6.54 Å². The summed E-state index contributed by atoms with van der Waals surface area (Å²) in [5.74, 6) is -0.440. The number of hydrogen-bond acceptors (Lipinski definition) is 2. The predicted molar refractivity (Wildman–Crippen MR) is 81.0 cm³/mol. The minimum atomic E-state index is -0.678. The summed E-state index contributed by atoms with van der Waals surface area (Å²) in [6.07, 6.45) is 6.53. The fourth-order valence-electron chi connectivity index (χ4n) is 3.65. The monoisotopic (exact) mass is 296 g/mol. The molecule has 5 heteroatoms. The van der Waals surface area contributed by atoms with Crippen LogP contribution in [0.1, 0.15) is 58.8 Å². The molecule has 0 aliphatic heterocycles. The van der Waals surface area contributed by atoms with E-state index in [9.17, 15) is 9.59 Å². The molecular weight excluding hydrogens is 268 g/mol. The number of amides is 2. The van der Waals surface area contributed by atoms with Gasteiger partial charge < -0.3 is 15.7 Å². The molecule has 2 rings (SSSR count). The van der Waals surface area contributed by atoms with Crippen molar-refractivity contribution in [1.82, 2.24) is 10.6 Å². The van der Waals surface area contributed by atoms with Gasteiger partial charge in [-0.2, -0.15) is 0 Å². The average molecular weight is 296 g/mol. The number of carboxylic acid groups (broad SMARTS) is 1. The first kappa shape index (κ1) is 16.1. The van der Waals surface area contributed by atoms with Gasteiger partial charge in [0.2, 0.25) is 0 Å². The zero-order valence-electron chi connectivity index (χ0n) is 13.2. The molecule has 0 bridgehead atoms. The van der Waals surface area contributed by atoms with Gasteiger partial charge in [-0.05, 0) is 56.3 Å². The molecule has 0 radical (unpaired) electrons. The van der Waals surface area contributed by atoms with Crippen LogP contribution < -0.4 is 10.6 Å². The standard InChI is InChI=1S/C16H28N2O3/c1-16(2)8-7-13(9-16)18-15(21)17-10-11-3-5-12(6-4-11)14(19)20/h11-13H,3-10H2,1-2H3,(H,19,20)(H2,17,18,21). The van der Waals surface area contributed by atoms with Crippen LogP contribution in [0.4, 0.5) is 4.79 Å². The van der Waals surface area contributed by atoms with E-state index in [1.54, 1.807) is 0 Å². The highest BCUT2D eigenvalue weighted by molar-refractivity contribution is 5.74. The number of carbonyl (C=O) groups excluding carboxylic acids is 1. The first-order chi connectivity index (χ1) is 9.85. The molecule has 2 saturated carbocycles. The number of carbonyl (C=O) groups is 2. The summed E-state index contributed by atoms with van der Waals surface area (Å²) in [7, 11) is 0. The average Bonchev–Trinajstić information content (AvgIpc) is 2.76. The first-order valence-corrected chi connectivity index (χ1v) is 8.13. The second kappa shape index (κ2) is 6.67. The first-order valence-electron chi connectivity index (χ1n) is 8.13. The fraction of sp³-hybridized carbons (Fsp3) is 0.875. The van der Waals surface area contributed by atoms with Gasteiger partial charge in [0.15, 0.2) is 0 Å². The molecule has 1 atom stereocenters. The van der Waals surface area contributed by atoms with Crippen LogP contribution in [0.25, 0.3) is 0 Å². The number of hydrogen-bond donors (Lipinski definition) is 3. The molecule has 5 nitrogen and oxygen atoms in total. The van der Waals surface area contributed by atoms with Crippen LogP contribution in [0.15, 0.2) is 0 Å². The smallest absolute Gasteiger partial charge is 0.315 e. The number of aliphatic carboxylic acids is 1. The van der Waals surface area contributed by atoms with Gasteiger partial charge in [-0.3, -0.25) is 4.79 Å². The van der Waals surface area contributed by atoms with E-state index in [0.717, 1.165) is 44.9 Å². The Balaban J connectivity index is 1.63. The molecule has 0 aromatic carbocycles. The highest BCUT2D eigenvalue weighted by atomic mass is 16.4. The molecule has 0 saturated heterocycles. The molecule has 3 N–H and O–H groups in total. The molecular formula is C16H28N2O3. The van der Waals surface area contributed by atoms with Crippen molar-refractivity contribution in [3.63, 3.8) is 0 Å². The Kier molecular flexibility index (Phi) is 5.12. The lowest BCUT2D eigenvalue weighted by Gasteiger charge is -2.26. The Morgan fingerprint density at radius 3 is 2.33 bits per heavy atom. The molecule has 21 heavy (non-hydrogen) atoms. The highest BCUT2D eigenvalue weighted by Crippen LogP contribution is 2.36. The minimum absolute atomic E-state index is 0.0712. The van der Waals surface area contributed by atoms with Gasteiger partial charge in [-0.1, -0.05) is 13.8 Å². The lowest BCUT2D eigenvalue weighted by molar-refractivity contribution is -0.143. The van der Waals surface area contributed by atoms with E-state index in [1.807, 2.05) is 0 Å². The molecule has 2 fully saturated rings. The Labute approximate surface area is 126 Å². The molecule has 0 heterocycles. The highest BCUT2D eigenvalue weighted by Gasteiger charge is 2.32. The normalized spacial score (nSPS) is 31.6. The third kappa shape index (κ3) is 4.90. The maximum atomic E-state index is 11.9. The van der Waals surface area contributed by atoms with Gasteiger partial charge >= 0.3 is 12.0 Å². The van der Waals surface area contributed by atoms with E-state index < -0.39 is 5.97 Å². The second-order valence-corrected chi connectivity index (χ2v) is 7.51. The second-order valence-electron chi connectivity index (χ2n) is 7.51. The molecule has 0 spiro atoms. The topological polar surface area (TPSA) is 78.4 Å². The van der Waals surface area contributed by atoms with Crippen LogP contribution in [0.5, 0.6) is 0 Å². The van der Waals surface area contributed by atoms with Crippen molar-refractivity contribution in [2.24, 2.45) is 17.3 Å². The van der Waals surface area contributed by atoms with Crippen molar-refractivity contribution in [3.05, 3.63) is 0 Å². The maximum Gasteiger partial charge on any atom is 0.315 e. The zero-order valence-corrected chi connectivity index (χ0v) is 13.2. The van der Waals surface area contributed by atoms with Gasteiger partial charge in [0.05, 0.1) is 5.92 Å². The zero-order chi connectivity index (χ0) is 15.5. The molecule has 2 aliphatic carbocycles. The Morgan fingerprint density at radius 2 is 1.81 bits per heavy atom. The van der Waals surface area contributed by atoms with Crippen LogP contribution in [-0.4, -0.2) is 29.7 Å². The summed E-state index contributed by atoms with van der Waals surface area (Å²) in [4.78, 5) is 22.8. The number of rotatable bonds is 4. The SMILES string of the molecule is CC1(C)CCC(NC(=O)NCC2CCC(C(=O)O)CC2)C1. The molecule has 120 valence electrons. The van der Waals surface area contributed by atoms with E-state index in [1.165, 1.54) is 0 Å². The number of urea groups is 1. The van der Waals surface area contributed by atoms with Crippen molar-refractivity contribution in [2.45, 2.75) is 64.8 Å². The summed E-state index contributed by atoms with van der Waals surface area (Å²) in [5.41, 5.74) is 0.340. The lowest BCUT2D eigenvalue weighted by Crippen LogP contribution is -2.43. The van der Waals surface area contributed by atoms with Gasteiger partial charge in [0.1, 0.15) is 0 Å². The van der Waals surface area contributed by atoms with Gasteiger partial charge in [-0.15, -0.1) is 0 Å². The van der Waals surface area contributed by atoms with Crippen LogP contribution in [-0.2, 0) is 4.79 Å². The summed E-state index contributed by atoms with van der Waals surface area (Å²) < 4.78 is 0. The summed E-state index contributed by atoms with van der Waals surface area (Å²) in [6.45, 7) is 5.15.